The van der Waals surface area contributed by atoms with Gasteiger partial charge in [0.05, 0.1) is 0 Å². The molecule has 1 atom stereocenters. The average Bonchev–Trinajstić information content (AvgIpc) is 2.60. The van der Waals surface area contributed by atoms with Crippen molar-refractivity contribution in [3.63, 3.8) is 0 Å². The van der Waals surface area contributed by atoms with Crippen LogP contribution in [0.3, 0.4) is 0 Å². The maximum Gasteiger partial charge on any atom is 0.220 e. The number of nitrogens with one attached hydrogen (secondary N) is 1. The topological polar surface area (TPSA) is 29.1 Å². The maximum atomic E-state index is 12.2. The molecule has 23 heavy (non-hydrogen) atoms. The van der Waals surface area contributed by atoms with Crippen molar-refractivity contribution in [2.45, 2.75) is 25.8 Å². The van der Waals surface area contributed by atoms with E-state index < -0.39 is 0 Å². The Balaban J connectivity index is 1.61. The average molecular weight is 303 g/mol. The van der Waals surface area contributed by atoms with Crippen molar-refractivity contribution in [3.05, 3.63) is 83.9 Å². The number of hydrogen-bond acceptors (Lipinski definition) is 1. The van der Waals surface area contributed by atoms with Gasteiger partial charge in [-0.2, -0.15) is 0 Å². The molecule has 1 unspecified atom stereocenters. The molecule has 3 aromatic carbocycles. The fourth-order valence-electron chi connectivity index (χ4n) is 2.78. The smallest absolute Gasteiger partial charge is 0.220 e. The van der Waals surface area contributed by atoms with Gasteiger partial charge in [0, 0.05) is 13.0 Å². The van der Waals surface area contributed by atoms with Gasteiger partial charge in [-0.05, 0) is 27.8 Å². The Morgan fingerprint density at radius 2 is 1.61 bits per heavy atom. The first-order valence-corrected chi connectivity index (χ1v) is 8.02. The van der Waals surface area contributed by atoms with E-state index in [9.17, 15) is 4.79 Å². The van der Waals surface area contributed by atoms with Gasteiger partial charge in [0.1, 0.15) is 0 Å². The number of carbonyl (C=O) groups is 1. The lowest BCUT2D eigenvalue weighted by Gasteiger charge is -2.13. The van der Waals surface area contributed by atoms with Gasteiger partial charge in [0.15, 0.2) is 0 Å². The van der Waals surface area contributed by atoms with E-state index in [2.05, 4.69) is 42.6 Å². The Hall–Kier alpha value is -2.61. The van der Waals surface area contributed by atoms with Gasteiger partial charge in [-0.15, -0.1) is 0 Å². The summed E-state index contributed by atoms with van der Waals surface area (Å²) in [5.74, 6) is 0.296. The van der Waals surface area contributed by atoms with E-state index in [1.54, 1.807) is 0 Å². The quantitative estimate of drug-likeness (QED) is 0.730. The largest absolute Gasteiger partial charge is 0.352 e. The van der Waals surface area contributed by atoms with E-state index >= 15 is 0 Å². The van der Waals surface area contributed by atoms with Gasteiger partial charge in [-0.1, -0.05) is 79.7 Å². The number of hydrogen-bond donors (Lipinski definition) is 1. The molecule has 0 fully saturated rings. The van der Waals surface area contributed by atoms with Crippen LogP contribution in [0.2, 0.25) is 0 Å². The second-order valence-corrected chi connectivity index (χ2v) is 5.97. The van der Waals surface area contributed by atoms with Crippen molar-refractivity contribution in [1.82, 2.24) is 5.32 Å². The van der Waals surface area contributed by atoms with Crippen molar-refractivity contribution in [3.8, 4) is 0 Å². The standard InChI is InChI=1S/C21H21NO/c1-16(13-21(23)22-15-17-7-3-2-4-8-17)19-12-11-18-9-5-6-10-20(18)14-19/h2-12,14,16H,13,15H2,1H3,(H,22,23). The summed E-state index contributed by atoms with van der Waals surface area (Å²) in [6, 6.07) is 24.7. The summed E-state index contributed by atoms with van der Waals surface area (Å²) >= 11 is 0. The fourth-order valence-corrected chi connectivity index (χ4v) is 2.78. The number of rotatable bonds is 5. The Kier molecular flexibility index (Phi) is 4.72. The maximum absolute atomic E-state index is 12.2. The van der Waals surface area contributed by atoms with Crippen LogP contribution < -0.4 is 5.32 Å². The van der Waals surface area contributed by atoms with Crippen LogP contribution in [0.5, 0.6) is 0 Å². The highest BCUT2D eigenvalue weighted by atomic mass is 16.1. The molecule has 3 rings (SSSR count). The van der Waals surface area contributed by atoms with E-state index in [0.29, 0.717) is 13.0 Å². The summed E-state index contributed by atoms with van der Waals surface area (Å²) in [6.45, 7) is 2.69. The summed E-state index contributed by atoms with van der Waals surface area (Å²) < 4.78 is 0. The number of benzene rings is 3. The highest BCUT2D eigenvalue weighted by molar-refractivity contribution is 5.83. The van der Waals surface area contributed by atoms with Crippen molar-refractivity contribution in [2.75, 3.05) is 0 Å². The third-order valence-electron chi connectivity index (χ3n) is 4.17. The zero-order chi connectivity index (χ0) is 16.1. The molecule has 116 valence electrons. The third kappa shape index (κ3) is 3.98. The fraction of sp³-hybridized carbons (Fsp3) is 0.190. The lowest BCUT2D eigenvalue weighted by Crippen LogP contribution is -2.24. The summed E-state index contributed by atoms with van der Waals surface area (Å²) in [5.41, 5.74) is 2.33. The van der Waals surface area contributed by atoms with Gasteiger partial charge >= 0.3 is 0 Å². The van der Waals surface area contributed by atoms with Crippen molar-refractivity contribution < 1.29 is 4.79 Å². The van der Waals surface area contributed by atoms with Crippen LogP contribution in [-0.4, -0.2) is 5.91 Å². The van der Waals surface area contributed by atoms with E-state index in [1.807, 2.05) is 42.5 Å². The molecule has 0 spiro atoms. The zero-order valence-electron chi connectivity index (χ0n) is 13.3. The van der Waals surface area contributed by atoms with E-state index in [-0.39, 0.29) is 11.8 Å². The third-order valence-corrected chi connectivity index (χ3v) is 4.17. The molecule has 0 aliphatic rings. The first-order valence-electron chi connectivity index (χ1n) is 8.02. The molecule has 0 aromatic heterocycles. The lowest BCUT2D eigenvalue weighted by atomic mass is 9.95. The predicted octanol–water partition coefficient (Wildman–Crippen LogP) is 4.65. The van der Waals surface area contributed by atoms with Crippen LogP contribution >= 0.6 is 0 Å². The van der Waals surface area contributed by atoms with E-state index in [4.69, 9.17) is 0 Å². The van der Waals surface area contributed by atoms with Crippen molar-refractivity contribution in [2.24, 2.45) is 0 Å². The molecule has 1 N–H and O–H groups in total. The minimum atomic E-state index is 0.0921. The lowest BCUT2D eigenvalue weighted by molar-refractivity contribution is -0.121. The molecule has 3 aromatic rings. The van der Waals surface area contributed by atoms with Crippen LogP contribution in [0.4, 0.5) is 0 Å². The molecule has 0 saturated heterocycles. The van der Waals surface area contributed by atoms with Gasteiger partial charge in [0.2, 0.25) is 5.91 Å². The number of carbonyl (C=O) groups excluding carboxylic acids is 1. The van der Waals surface area contributed by atoms with E-state index in [1.165, 1.54) is 16.3 Å². The minimum absolute atomic E-state index is 0.0921. The molecule has 2 nitrogen and oxygen atoms in total. The Bertz CT molecular complexity index is 795. The minimum Gasteiger partial charge on any atom is -0.352 e. The Labute approximate surface area is 137 Å². The molecule has 2 heteroatoms. The summed E-state index contributed by atoms with van der Waals surface area (Å²) in [7, 11) is 0. The molecule has 0 radical (unpaired) electrons. The van der Waals surface area contributed by atoms with Crippen molar-refractivity contribution in [1.29, 1.82) is 0 Å². The molecule has 0 bridgehead atoms. The van der Waals surface area contributed by atoms with Crippen LogP contribution in [0.1, 0.15) is 30.4 Å². The first-order chi connectivity index (χ1) is 11.2. The van der Waals surface area contributed by atoms with Gasteiger partial charge < -0.3 is 5.32 Å². The second kappa shape index (κ2) is 7.10. The molecule has 0 saturated carbocycles. The SMILES string of the molecule is CC(CC(=O)NCc1ccccc1)c1ccc2ccccc2c1. The van der Waals surface area contributed by atoms with Crippen LogP contribution in [0, 0.1) is 0 Å². The molecule has 0 heterocycles. The molecule has 0 aliphatic heterocycles. The zero-order valence-corrected chi connectivity index (χ0v) is 13.3. The summed E-state index contributed by atoms with van der Waals surface area (Å²) in [5, 5.41) is 5.45. The monoisotopic (exact) mass is 303 g/mol. The highest BCUT2D eigenvalue weighted by Crippen LogP contribution is 2.23. The van der Waals surface area contributed by atoms with Gasteiger partial charge in [-0.3, -0.25) is 4.79 Å². The second-order valence-electron chi connectivity index (χ2n) is 5.97. The Morgan fingerprint density at radius 3 is 2.39 bits per heavy atom. The summed E-state index contributed by atoms with van der Waals surface area (Å²) in [4.78, 5) is 12.2. The number of fused-ring (bicyclic) bond motifs is 1. The molecular formula is C21H21NO. The van der Waals surface area contributed by atoms with Crippen LogP contribution in [-0.2, 0) is 11.3 Å². The molecular weight excluding hydrogens is 282 g/mol. The molecule has 0 aliphatic carbocycles. The van der Waals surface area contributed by atoms with E-state index in [0.717, 1.165) is 5.56 Å². The predicted molar refractivity (Wildman–Crippen MR) is 95.3 cm³/mol. The van der Waals surface area contributed by atoms with Gasteiger partial charge in [-0.25, -0.2) is 0 Å². The molecule has 1 amide bonds. The van der Waals surface area contributed by atoms with Crippen molar-refractivity contribution >= 4 is 16.7 Å². The van der Waals surface area contributed by atoms with Crippen LogP contribution in [0.15, 0.2) is 72.8 Å². The number of amides is 1. The highest BCUT2D eigenvalue weighted by Gasteiger charge is 2.11. The normalized spacial score (nSPS) is 12.0. The first kappa shape index (κ1) is 15.3. The Morgan fingerprint density at radius 1 is 0.913 bits per heavy atom. The summed E-state index contributed by atoms with van der Waals surface area (Å²) in [6.07, 6.45) is 0.505. The van der Waals surface area contributed by atoms with Crippen LogP contribution in [0.25, 0.3) is 10.8 Å². The van der Waals surface area contributed by atoms with Gasteiger partial charge in [0.25, 0.3) is 0 Å².